The quantitative estimate of drug-likeness (QED) is 0.403. The summed E-state index contributed by atoms with van der Waals surface area (Å²) >= 11 is 0. The number of imidazole rings is 1. The van der Waals surface area contributed by atoms with E-state index in [4.69, 9.17) is 14.3 Å². The van der Waals surface area contributed by atoms with Crippen molar-refractivity contribution in [1.29, 1.82) is 0 Å². The Morgan fingerprint density at radius 3 is 2.19 bits per heavy atom. The first kappa shape index (κ1) is 21.0. The van der Waals surface area contributed by atoms with Gasteiger partial charge >= 0.3 is 7.12 Å². The predicted octanol–water partition coefficient (Wildman–Crippen LogP) is 5.55. The summed E-state index contributed by atoms with van der Waals surface area (Å²) in [5, 5.41) is 0. The van der Waals surface area contributed by atoms with Crippen LogP contribution in [-0.2, 0) is 15.7 Å². The first-order valence-electron chi connectivity index (χ1n) is 11.3. The zero-order valence-corrected chi connectivity index (χ0v) is 19.4. The SMILES string of the molecule is CCc1nc2ccccc2n1-c1cccc(-c2cccc(B3OC(C)(C)C(C)(C)O3)c2)c1. The summed E-state index contributed by atoms with van der Waals surface area (Å²) in [6.07, 6.45) is 0.871. The van der Waals surface area contributed by atoms with Gasteiger partial charge in [0.05, 0.1) is 22.2 Å². The molecule has 5 heteroatoms. The molecule has 0 N–H and O–H groups in total. The number of benzene rings is 3. The highest BCUT2D eigenvalue weighted by Crippen LogP contribution is 2.36. The maximum absolute atomic E-state index is 6.27. The summed E-state index contributed by atoms with van der Waals surface area (Å²) in [6.45, 7) is 10.5. The fraction of sp³-hybridized carbons (Fsp3) is 0.296. The van der Waals surface area contributed by atoms with Gasteiger partial charge in [0, 0.05) is 12.1 Å². The van der Waals surface area contributed by atoms with Gasteiger partial charge in [-0.1, -0.05) is 55.5 Å². The second-order valence-electron chi connectivity index (χ2n) is 9.47. The van der Waals surface area contributed by atoms with Crippen molar-refractivity contribution >= 4 is 23.6 Å². The highest BCUT2D eigenvalue weighted by Gasteiger charge is 2.51. The van der Waals surface area contributed by atoms with Crippen LogP contribution in [0.2, 0.25) is 0 Å². The molecule has 4 aromatic rings. The number of aryl methyl sites for hydroxylation is 1. The van der Waals surface area contributed by atoms with Crippen molar-refractivity contribution in [2.24, 2.45) is 0 Å². The van der Waals surface area contributed by atoms with Crippen LogP contribution >= 0.6 is 0 Å². The van der Waals surface area contributed by atoms with E-state index in [1.165, 1.54) is 0 Å². The molecule has 0 radical (unpaired) electrons. The summed E-state index contributed by atoms with van der Waals surface area (Å²) < 4.78 is 14.8. The molecule has 0 bridgehead atoms. The summed E-state index contributed by atoms with van der Waals surface area (Å²) in [5.41, 5.74) is 5.90. The van der Waals surface area contributed by atoms with E-state index in [2.05, 4.69) is 106 Å². The zero-order chi connectivity index (χ0) is 22.5. The largest absolute Gasteiger partial charge is 0.494 e. The van der Waals surface area contributed by atoms with Gasteiger partial charge in [0.15, 0.2) is 0 Å². The minimum absolute atomic E-state index is 0.355. The maximum atomic E-state index is 6.27. The lowest BCUT2D eigenvalue weighted by atomic mass is 9.78. The number of hydrogen-bond donors (Lipinski definition) is 0. The Kier molecular flexibility index (Phi) is 4.99. The van der Waals surface area contributed by atoms with Crippen molar-refractivity contribution in [3.8, 4) is 16.8 Å². The molecular weight excluding hydrogens is 395 g/mol. The molecule has 4 nitrogen and oxygen atoms in total. The Morgan fingerprint density at radius 2 is 1.47 bits per heavy atom. The monoisotopic (exact) mass is 424 g/mol. The van der Waals surface area contributed by atoms with Crippen molar-refractivity contribution < 1.29 is 9.31 Å². The Bertz CT molecular complexity index is 1280. The lowest BCUT2D eigenvalue weighted by Gasteiger charge is -2.32. The molecule has 0 atom stereocenters. The normalized spacial score (nSPS) is 17.2. The lowest BCUT2D eigenvalue weighted by Crippen LogP contribution is -2.41. The van der Waals surface area contributed by atoms with Gasteiger partial charge in [0.2, 0.25) is 0 Å². The van der Waals surface area contributed by atoms with Crippen LogP contribution in [0, 0.1) is 0 Å². The van der Waals surface area contributed by atoms with Crippen molar-refractivity contribution in [1.82, 2.24) is 9.55 Å². The minimum atomic E-state index is -0.368. The van der Waals surface area contributed by atoms with Crippen molar-refractivity contribution in [2.45, 2.75) is 52.2 Å². The Morgan fingerprint density at radius 1 is 0.812 bits per heavy atom. The Labute approximate surface area is 190 Å². The molecule has 32 heavy (non-hydrogen) atoms. The highest BCUT2D eigenvalue weighted by atomic mass is 16.7. The predicted molar refractivity (Wildman–Crippen MR) is 132 cm³/mol. The third-order valence-corrected chi connectivity index (χ3v) is 6.80. The maximum Gasteiger partial charge on any atom is 0.494 e. The van der Waals surface area contributed by atoms with Crippen LogP contribution in [0.3, 0.4) is 0 Å². The van der Waals surface area contributed by atoms with Crippen molar-refractivity contribution in [2.75, 3.05) is 0 Å². The topological polar surface area (TPSA) is 36.3 Å². The number of nitrogens with zero attached hydrogens (tertiary/aromatic N) is 2. The molecule has 2 heterocycles. The molecule has 3 aromatic carbocycles. The lowest BCUT2D eigenvalue weighted by molar-refractivity contribution is 0.00578. The average molecular weight is 424 g/mol. The molecule has 1 saturated heterocycles. The molecular formula is C27H29BN2O2. The molecule has 0 aliphatic carbocycles. The van der Waals surface area contributed by atoms with Crippen LogP contribution in [0.5, 0.6) is 0 Å². The fourth-order valence-electron chi connectivity index (χ4n) is 4.27. The molecule has 162 valence electrons. The highest BCUT2D eigenvalue weighted by molar-refractivity contribution is 6.62. The second kappa shape index (κ2) is 7.61. The van der Waals surface area contributed by atoms with Gasteiger partial charge in [-0.15, -0.1) is 0 Å². The number of para-hydroxylation sites is 2. The van der Waals surface area contributed by atoms with Gasteiger partial charge in [0.25, 0.3) is 0 Å². The van der Waals surface area contributed by atoms with Gasteiger partial charge < -0.3 is 9.31 Å². The van der Waals surface area contributed by atoms with Crippen LogP contribution in [0.15, 0.2) is 72.8 Å². The van der Waals surface area contributed by atoms with Crippen LogP contribution < -0.4 is 5.46 Å². The van der Waals surface area contributed by atoms with Gasteiger partial charge in [-0.05, 0) is 68.6 Å². The third-order valence-electron chi connectivity index (χ3n) is 6.80. The average Bonchev–Trinajstić information content (AvgIpc) is 3.27. The van der Waals surface area contributed by atoms with E-state index in [1.54, 1.807) is 0 Å². The van der Waals surface area contributed by atoms with E-state index in [-0.39, 0.29) is 18.3 Å². The molecule has 5 rings (SSSR count). The van der Waals surface area contributed by atoms with Gasteiger partial charge in [-0.3, -0.25) is 4.57 Å². The standard InChI is InChI=1S/C27H29BN2O2/c1-6-25-29-23-15-7-8-16-24(23)30(25)22-14-10-12-20(18-22)19-11-9-13-21(17-19)28-31-26(2,3)27(4,5)32-28/h7-18H,6H2,1-5H3. The van der Waals surface area contributed by atoms with E-state index in [0.29, 0.717) is 0 Å². The molecule has 0 unspecified atom stereocenters. The Balaban J connectivity index is 1.54. The van der Waals surface area contributed by atoms with Gasteiger partial charge in [0.1, 0.15) is 5.82 Å². The molecule has 1 aliphatic rings. The minimum Gasteiger partial charge on any atom is -0.399 e. The molecule has 1 aromatic heterocycles. The fourth-order valence-corrected chi connectivity index (χ4v) is 4.27. The number of aromatic nitrogens is 2. The summed E-state index contributed by atoms with van der Waals surface area (Å²) in [6, 6.07) is 25.4. The molecule has 1 fully saturated rings. The number of fused-ring (bicyclic) bond motifs is 1. The number of rotatable bonds is 4. The van der Waals surface area contributed by atoms with Crippen LogP contribution in [0.25, 0.3) is 27.8 Å². The van der Waals surface area contributed by atoms with Gasteiger partial charge in [-0.25, -0.2) is 4.98 Å². The van der Waals surface area contributed by atoms with Crippen molar-refractivity contribution in [3.63, 3.8) is 0 Å². The van der Waals surface area contributed by atoms with Crippen LogP contribution in [0.4, 0.5) is 0 Å². The Hall–Kier alpha value is -2.89. The van der Waals surface area contributed by atoms with E-state index in [9.17, 15) is 0 Å². The summed E-state index contributed by atoms with van der Waals surface area (Å²) in [4.78, 5) is 4.83. The van der Waals surface area contributed by atoms with E-state index in [1.807, 2.05) is 6.07 Å². The zero-order valence-electron chi connectivity index (χ0n) is 19.4. The molecule has 0 saturated carbocycles. The van der Waals surface area contributed by atoms with Gasteiger partial charge in [-0.2, -0.15) is 0 Å². The number of hydrogen-bond acceptors (Lipinski definition) is 3. The molecule has 0 spiro atoms. The van der Waals surface area contributed by atoms with Crippen LogP contribution in [0.1, 0.15) is 40.4 Å². The third kappa shape index (κ3) is 3.46. The molecule has 0 amide bonds. The van der Waals surface area contributed by atoms with Crippen LogP contribution in [-0.4, -0.2) is 27.9 Å². The molecule has 1 aliphatic heterocycles. The first-order valence-corrected chi connectivity index (χ1v) is 11.3. The van der Waals surface area contributed by atoms with E-state index >= 15 is 0 Å². The van der Waals surface area contributed by atoms with E-state index < -0.39 is 0 Å². The smallest absolute Gasteiger partial charge is 0.399 e. The summed E-state index contributed by atoms with van der Waals surface area (Å²) in [5.74, 6) is 1.06. The first-order chi connectivity index (χ1) is 15.3. The second-order valence-corrected chi connectivity index (χ2v) is 9.47. The van der Waals surface area contributed by atoms with E-state index in [0.717, 1.165) is 45.6 Å². The summed E-state index contributed by atoms with van der Waals surface area (Å²) in [7, 11) is -0.368. The van der Waals surface area contributed by atoms with Crippen molar-refractivity contribution in [3.05, 3.63) is 78.6 Å².